The van der Waals surface area contributed by atoms with Crippen molar-refractivity contribution in [3.05, 3.63) is 51.2 Å². The molecule has 2 rings (SSSR count). The maximum Gasteiger partial charge on any atom is 0.0785 e. The van der Waals surface area contributed by atoms with Crippen LogP contribution in [0.25, 0.3) is 0 Å². The maximum absolute atomic E-state index is 5.87. The van der Waals surface area contributed by atoms with Crippen LogP contribution in [-0.2, 0) is 13.1 Å². The van der Waals surface area contributed by atoms with Crippen molar-refractivity contribution >= 4 is 27.5 Å². The largest absolute Gasteiger partial charge is 0.312 e. The number of hydrogen-bond donors (Lipinski definition) is 1. The summed E-state index contributed by atoms with van der Waals surface area (Å²) in [6, 6.07) is 6.44. The lowest BCUT2D eigenvalue weighted by atomic mass is 10.1. The zero-order chi connectivity index (χ0) is 14.5. The van der Waals surface area contributed by atoms with E-state index in [1.807, 2.05) is 10.9 Å². The van der Waals surface area contributed by atoms with Crippen LogP contribution < -0.4 is 5.32 Å². The molecule has 2 aromatic rings. The van der Waals surface area contributed by atoms with Gasteiger partial charge in [0.25, 0.3) is 0 Å². The molecule has 0 bridgehead atoms. The number of rotatable bonds is 6. The topological polar surface area (TPSA) is 29.9 Å². The molecule has 1 heterocycles. The average Bonchev–Trinajstić information content (AvgIpc) is 2.78. The van der Waals surface area contributed by atoms with E-state index in [0.29, 0.717) is 17.5 Å². The van der Waals surface area contributed by atoms with Crippen LogP contribution in [0.1, 0.15) is 25.0 Å². The van der Waals surface area contributed by atoms with E-state index in [1.165, 1.54) is 11.1 Å². The summed E-state index contributed by atoms with van der Waals surface area (Å²) >= 11 is 9.50. The Balaban J connectivity index is 1.98. The molecule has 0 saturated carbocycles. The summed E-state index contributed by atoms with van der Waals surface area (Å²) < 4.78 is 2.94. The van der Waals surface area contributed by atoms with Gasteiger partial charge in [-0.25, -0.2) is 0 Å². The summed E-state index contributed by atoms with van der Waals surface area (Å²) in [4.78, 5) is 0. The van der Waals surface area contributed by atoms with Gasteiger partial charge in [-0.1, -0.05) is 53.5 Å². The fourth-order valence-electron chi connectivity index (χ4n) is 1.93. The van der Waals surface area contributed by atoms with E-state index in [0.717, 1.165) is 17.6 Å². The summed E-state index contributed by atoms with van der Waals surface area (Å²) in [7, 11) is 0. The summed E-state index contributed by atoms with van der Waals surface area (Å²) in [5, 5.41) is 8.30. The standard InChI is InChI=1S/C15H19BrClN3/c1-11(2)6-18-7-12-3-4-13(15(16)5-12)9-20-10-14(17)8-19-20/h3-5,8,10-11,18H,6-7,9H2,1-2H3. The number of aromatic nitrogens is 2. The molecule has 0 atom stereocenters. The predicted molar refractivity (Wildman–Crippen MR) is 87.0 cm³/mol. The fourth-order valence-corrected chi connectivity index (χ4v) is 2.64. The Hall–Kier alpha value is -0.840. The Morgan fingerprint density at radius 3 is 2.80 bits per heavy atom. The van der Waals surface area contributed by atoms with E-state index in [4.69, 9.17) is 11.6 Å². The highest BCUT2D eigenvalue weighted by atomic mass is 79.9. The second kappa shape index (κ2) is 7.25. The van der Waals surface area contributed by atoms with Crippen molar-refractivity contribution in [2.75, 3.05) is 6.54 Å². The number of hydrogen-bond acceptors (Lipinski definition) is 2. The SMILES string of the molecule is CC(C)CNCc1ccc(Cn2cc(Cl)cn2)c(Br)c1. The number of halogens is 2. The first-order valence-electron chi connectivity index (χ1n) is 6.70. The molecule has 0 fully saturated rings. The molecule has 0 unspecified atom stereocenters. The Bertz CT molecular complexity index is 566. The first-order chi connectivity index (χ1) is 9.54. The number of nitrogens with one attached hydrogen (secondary N) is 1. The van der Waals surface area contributed by atoms with Gasteiger partial charge in [0.05, 0.1) is 17.8 Å². The molecule has 3 nitrogen and oxygen atoms in total. The molecule has 0 aliphatic rings. The summed E-state index contributed by atoms with van der Waals surface area (Å²) in [6.45, 7) is 7.06. The Morgan fingerprint density at radius 2 is 2.20 bits per heavy atom. The van der Waals surface area contributed by atoms with Crippen LogP contribution >= 0.6 is 27.5 Å². The zero-order valence-corrected chi connectivity index (χ0v) is 14.1. The molecule has 0 aliphatic heterocycles. The van der Waals surface area contributed by atoms with Crippen LogP contribution in [0.15, 0.2) is 35.1 Å². The van der Waals surface area contributed by atoms with Crippen molar-refractivity contribution in [3.63, 3.8) is 0 Å². The van der Waals surface area contributed by atoms with Crippen molar-refractivity contribution in [1.82, 2.24) is 15.1 Å². The lowest BCUT2D eigenvalue weighted by Gasteiger charge is -2.10. The highest BCUT2D eigenvalue weighted by Gasteiger charge is 2.04. The van der Waals surface area contributed by atoms with Crippen LogP contribution in [-0.4, -0.2) is 16.3 Å². The monoisotopic (exact) mass is 355 g/mol. The molecule has 108 valence electrons. The van der Waals surface area contributed by atoms with Crippen LogP contribution in [0, 0.1) is 5.92 Å². The molecule has 0 saturated heterocycles. The van der Waals surface area contributed by atoms with Crippen molar-refractivity contribution in [2.45, 2.75) is 26.9 Å². The van der Waals surface area contributed by atoms with E-state index in [1.54, 1.807) is 6.20 Å². The van der Waals surface area contributed by atoms with Crippen LogP contribution in [0.5, 0.6) is 0 Å². The van der Waals surface area contributed by atoms with Crippen LogP contribution in [0.3, 0.4) is 0 Å². The predicted octanol–water partition coefficient (Wildman–Crippen LogP) is 4.09. The van der Waals surface area contributed by atoms with Crippen molar-refractivity contribution in [2.24, 2.45) is 5.92 Å². The Kier molecular flexibility index (Phi) is 5.64. The van der Waals surface area contributed by atoms with Crippen LogP contribution in [0.4, 0.5) is 0 Å². The lowest BCUT2D eigenvalue weighted by molar-refractivity contribution is 0.552. The van der Waals surface area contributed by atoms with Gasteiger partial charge >= 0.3 is 0 Å². The summed E-state index contributed by atoms with van der Waals surface area (Å²) in [5.41, 5.74) is 2.47. The highest BCUT2D eigenvalue weighted by Crippen LogP contribution is 2.20. The molecule has 1 aromatic carbocycles. The molecule has 0 spiro atoms. The fraction of sp³-hybridized carbons (Fsp3) is 0.400. The van der Waals surface area contributed by atoms with Crippen molar-refractivity contribution in [3.8, 4) is 0 Å². The minimum Gasteiger partial charge on any atom is -0.312 e. The molecule has 0 aliphatic carbocycles. The van der Waals surface area contributed by atoms with Gasteiger partial charge in [-0.2, -0.15) is 5.10 Å². The van der Waals surface area contributed by atoms with E-state index in [-0.39, 0.29) is 0 Å². The molecule has 1 N–H and O–H groups in total. The zero-order valence-electron chi connectivity index (χ0n) is 11.7. The van der Waals surface area contributed by atoms with E-state index < -0.39 is 0 Å². The minimum atomic E-state index is 0.663. The van der Waals surface area contributed by atoms with Gasteiger partial charge in [0.15, 0.2) is 0 Å². The third kappa shape index (κ3) is 4.62. The second-order valence-corrected chi connectivity index (χ2v) is 6.60. The van der Waals surface area contributed by atoms with Gasteiger partial charge in [0, 0.05) is 17.2 Å². The van der Waals surface area contributed by atoms with E-state index in [9.17, 15) is 0 Å². The van der Waals surface area contributed by atoms with Gasteiger partial charge in [-0.15, -0.1) is 0 Å². The third-order valence-corrected chi connectivity index (χ3v) is 3.87. The molecule has 5 heteroatoms. The van der Waals surface area contributed by atoms with Crippen molar-refractivity contribution < 1.29 is 0 Å². The van der Waals surface area contributed by atoms with Gasteiger partial charge in [0.1, 0.15) is 0 Å². The quantitative estimate of drug-likeness (QED) is 0.844. The lowest BCUT2D eigenvalue weighted by Crippen LogP contribution is -2.19. The molecule has 1 aromatic heterocycles. The third-order valence-electron chi connectivity index (χ3n) is 2.93. The molecular weight excluding hydrogens is 338 g/mol. The van der Waals surface area contributed by atoms with E-state index in [2.05, 4.69) is 58.4 Å². The average molecular weight is 357 g/mol. The normalized spacial score (nSPS) is 11.2. The summed E-state index contributed by atoms with van der Waals surface area (Å²) in [5.74, 6) is 0.669. The Labute approximate surface area is 133 Å². The smallest absolute Gasteiger partial charge is 0.0785 e. The number of benzene rings is 1. The van der Waals surface area contributed by atoms with Gasteiger partial charge in [-0.05, 0) is 29.7 Å². The highest BCUT2D eigenvalue weighted by molar-refractivity contribution is 9.10. The van der Waals surface area contributed by atoms with Crippen LogP contribution in [0.2, 0.25) is 5.02 Å². The van der Waals surface area contributed by atoms with Gasteiger partial charge in [-0.3, -0.25) is 4.68 Å². The molecular formula is C15H19BrClN3. The molecule has 20 heavy (non-hydrogen) atoms. The first-order valence-corrected chi connectivity index (χ1v) is 7.87. The van der Waals surface area contributed by atoms with Gasteiger partial charge in [0.2, 0.25) is 0 Å². The molecule has 0 radical (unpaired) electrons. The maximum atomic E-state index is 5.87. The summed E-state index contributed by atoms with van der Waals surface area (Å²) in [6.07, 6.45) is 3.48. The van der Waals surface area contributed by atoms with E-state index >= 15 is 0 Å². The number of nitrogens with zero attached hydrogens (tertiary/aromatic N) is 2. The van der Waals surface area contributed by atoms with Crippen molar-refractivity contribution in [1.29, 1.82) is 0 Å². The second-order valence-electron chi connectivity index (χ2n) is 5.31. The Morgan fingerprint density at radius 1 is 1.40 bits per heavy atom. The minimum absolute atomic E-state index is 0.663. The first kappa shape index (κ1) is 15.5. The van der Waals surface area contributed by atoms with Gasteiger partial charge < -0.3 is 5.32 Å². The molecule has 0 amide bonds.